The molecule has 0 amide bonds. The lowest BCUT2D eigenvalue weighted by Gasteiger charge is -2.29. The maximum Gasteiger partial charge on any atom is 0.0366 e. The van der Waals surface area contributed by atoms with Crippen LogP contribution < -0.4 is 10.6 Å². The van der Waals surface area contributed by atoms with E-state index in [2.05, 4.69) is 29.2 Å². The fraction of sp³-hybridized carbons (Fsp3) is 0.538. The lowest BCUT2D eigenvalue weighted by atomic mass is 10.1. The van der Waals surface area contributed by atoms with Crippen LogP contribution in [0, 0.1) is 0 Å². The first-order valence-corrected chi connectivity index (χ1v) is 5.88. The Labute approximate surface area is 116 Å². The number of rotatable bonds is 2. The van der Waals surface area contributed by atoms with E-state index < -0.39 is 0 Å². The zero-order valence-electron chi connectivity index (χ0n) is 10.3. The molecule has 1 aliphatic heterocycles. The second-order valence-corrected chi connectivity index (χ2v) is 4.43. The highest BCUT2D eigenvalue weighted by Gasteiger charge is 2.10. The van der Waals surface area contributed by atoms with Crippen LogP contribution in [0.15, 0.2) is 24.3 Å². The number of anilines is 1. The highest BCUT2D eigenvalue weighted by molar-refractivity contribution is 5.85. The van der Waals surface area contributed by atoms with Gasteiger partial charge in [-0.15, -0.1) is 24.8 Å². The van der Waals surface area contributed by atoms with Crippen molar-refractivity contribution < 1.29 is 0 Å². The minimum Gasteiger partial charge on any atom is -0.372 e. The van der Waals surface area contributed by atoms with E-state index >= 15 is 0 Å². The lowest BCUT2D eigenvalue weighted by molar-refractivity contribution is 0.578. The summed E-state index contributed by atoms with van der Waals surface area (Å²) in [4.78, 5) is 2.47. The molecule has 1 aliphatic rings. The van der Waals surface area contributed by atoms with Gasteiger partial charge in [-0.3, -0.25) is 0 Å². The molecule has 0 saturated carbocycles. The first kappa shape index (κ1) is 16.6. The van der Waals surface area contributed by atoms with E-state index in [4.69, 9.17) is 5.73 Å². The van der Waals surface area contributed by atoms with Crippen LogP contribution in [0.1, 0.15) is 37.8 Å². The van der Waals surface area contributed by atoms with E-state index in [-0.39, 0.29) is 30.9 Å². The average molecular weight is 277 g/mol. The molecule has 0 aromatic heterocycles. The minimum atomic E-state index is 0. The Morgan fingerprint density at radius 3 is 2.00 bits per heavy atom. The summed E-state index contributed by atoms with van der Waals surface area (Å²) in [6.45, 7) is 4.44. The molecular weight excluding hydrogens is 255 g/mol. The zero-order chi connectivity index (χ0) is 10.7. The van der Waals surface area contributed by atoms with Gasteiger partial charge in [-0.25, -0.2) is 0 Å². The second-order valence-electron chi connectivity index (χ2n) is 4.43. The summed E-state index contributed by atoms with van der Waals surface area (Å²) >= 11 is 0. The molecule has 0 aliphatic carbocycles. The van der Waals surface area contributed by atoms with Gasteiger partial charge in [0.2, 0.25) is 0 Å². The highest BCUT2D eigenvalue weighted by Crippen LogP contribution is 2.21. The van der Waals surface area contributed by atoms with Crippen molar-refractivity contribution in [3.8, 4) is 0 Å². The first-order valence-electron chi connectivity index (χ1n) is 5.88. The molecule has 2 N–H and O–H groups in total. The van der Waals surface area contributed by atoms with Crippen molar-refractivity contribution in [1.29, 1.82) is 0 Å². The Hall–Kier alpha value is -0.440. The van der Waals surface area contributed by atoms with Crippen molar-refractivity contribution in [1.82, 2.24) is 0 Å². The number of nitrogens with zero attached hydrogens (tertiary/aromatic N) is 1. The highest BCUT2D eigenvalue weighted by atomic mass is 35.5. The number of nitrogens with two attached hydrogens (primary N) is 1. The number of piperidine rings is 1. The van der Waals surface area contributed by atoms with Crippen LogP contribution in [0.2, 0.25) is 0 Å². The van der Waals surface area contributed by atoms with E-state index in [0.717, 1.165) is 0 Å². The maximum atomic E-state index is 5.83. The molecule has 17 heavy (non-hydrogen) atoms. The standard InChI is InChI=1S/C13H20N2.2ClH/c1-11(14)12-5-7-13(8-6-12)15-9-3-2-4-10-15;;/h5-8,11H,2-4,9-10,14H2,1H3;2*1H. The van der Waals surface area contributed by atoms with Gasteiger partial charge in [-0.2, -0.15) is 0 Å². The van der Waals surface area contributed by atoms with Crippen molar-refractivity contribution in [3.63, 3.8) is 0 Å². The van der Waals surface area contributed by atoms with Gasteiger partial charge in [0.1, 0.15) is 0 Å². The lowest BCUT2D eigenvalue weighted by Crippen LogP contribution is -2.29. The van der Waals surface area contributed by atoms with Crippen LogP contribution in [0.3, 0.4) is 0 Å². The molecule has 1 heterocycles. The monoisotopic (exact) mass is 276 g/mol. The van der Waals surface area contributed by atoms with E-state index in [1.807, 2.05) is 6.92 Å². The Balaban J connectivity index is 0.00000128. The van der Waals surface area contributed by atoms with Crippen LogP contribution >= 0.6 is 24.8 Å². The van der Waals surface area contributed by atoms with Gasteiger partial charge >= 0.3 is 0 Å². The van der Waals surface area contributed by atoms with Crippen molar-refractivity contribution in [3.05, 3.63) is 29.8 Å². The summed E-state index contributed by atoms with van der Waals surface area (Å²) in [6.07, 6.45) is 4.04. The van der Waals surface area contributed by atoms with E-state index in [1.54, 1.807) is 0 Å². The molecule has 4 heteroatoms. The van der Waals surface area contributed by atoms with Gasteiger partial charge in [0, 0.05) is 24.8 Å². The number of benzene rings is 1. The molecule has 1 atom stereocenters. The molecule has 1 aromatic rings. The summed E-state index contributed by atoms with van der Waals surface area (Å²) in [5.74, 6) is 0. The molecule has 0 spiro atoms. The van der Waals surface area contributed by atoms with Gasteiger partial charge in [0.05, 0.1) is 0 Å². The third-order valence-corrected chi connectivity index (χ3v) is 3.14. The first-order chi connectivity index (χ1) is 7.27. The predicted octanol–water partition coefficient (Wildman–Crippen LogP) is 3.54. The van der Waals surface area contributed by atoms with Crippen LogP contribution in [-0.4, -0.2) is 13.1 Å². The van der Waals surface area contributed by atoms with Crippen LogP contribution in [0.25, 0.3) is 0 Å². The van der Waals surface area contributed by atoms with Crippen molar-refractivity contribution in [2.75, 3.05) is 18.0 Å². The van der Waals surface area contributed by atoms with Gasteiger partial charge < -0.3 is 10.6 Å². The van der Waals surface area contributed by atoms with Gasteiger partial charge in [0.25, 0.3) is 0 Å². The molecule has 98 valence electrons. The van der Waals surface area contributed by atoms with E-state index in [1.165, 1.54) is 43.6 Å². The largest absolute Gasteiger partial charge is 0.372 e. The normalized spacial score (nSPS) is 16.7. The maximum absolute atomic E-state index is 5.83. The van der Waals surface area contributed by atoms with Crippen molar-refractivity contribution in [2.24, 2.45) is 5.73 Å². The summed E-state index contributed by atoms with van der Waals surface area (Å²) in [7, 11) is 0. The fourth-order valence-electron chi connectivity index (χ4n) is 2.14. The molecule has 1 fully saturated rings. The van der Waals surface area contributed by atoms with Crippen molar-refractivity contribution in [2.45, 2.75) is 32.2 Å². The predicted molar refractivity (Wildman–Crippen MR) is 79.6 cm³/mol. The molecule has 1 unspecified atom stereocenters. The zero-order valence-corrected chi connectivity index (χ0v) is 11.9. The minimum absolute atomic E-state index is 0. The van der Waals surface area contributed by atoms with Crippen LogP contribution in [0.4, 0.5) is 5.69 Å². The van der Waals surface area contributed by atoms with Gasteiger partial charge in [-0.05, 0) is 43.9 Å². The molecule has 0 radical (unpaired) electrons. The Morgan fingerprint density at radius 1 is 1.00 bits per heavy atom. The summed E-state index contributed by atoms with van der Waals surface area (Å²) < 4.78 is 0. The van der Waals surface area contributed by atoms with Gasteiger partial charge in [-0.1, -0.05) is 12.1 Å². The summed E-state index contributed by atoms with van der Waals surface area (Å²) in [5.41, 5.74) is 8.39. The number of halogens is 2. The molecule has 1 saturated heterocycles. The third kappa shape index (κ3) is 4.38. The van der Waals surface area contributed by atoms with Gasteiger partial charge in [0.15, 0.2) is 0 Å². The quantitative estimate of drug-likeness (QED) is 0.895. The second kappa shape index (κ2) is 7.80. The Morgan fingerprint density at radius 2 is 1.53 bits per heavy atom. The number of hydrogen-bond donors (Lipinski definition) is 1. The number of hydrogen-bond acceptors (Lipinski definition) is 2. The molecule has 2 rings (SSSR count). The summed E-state index contributed by atoms with van der Waals surface area (Å²) in [5, 5.41) is 0. The topological polar surface area (TPSA) is 29.3 Å². The molecule has 1 aromatic carbocycles. The SMILES string of the molecule is CC(N)c1ccc(N2CCCCC2)cc1.Cl.Cl. The summed E-state index contributed by atoms with van der Waals surface area (Å²) in [6, 6.07) is 8.83. The van der Waals surface area contributed by atoms with Crippen LogP contribution in [-0.2, 0) is 0 Å². The fourth-order valence-corrected chi connectivity index (χ4v) is 2.14. The molecule has 0 bridgehead atoms. The Kier molecular flexibility index (Phi) is 7.60. The van der Waals surface area contributed by atoms with E-state index in [9.17, 15) is 0 Å². The smallest absolute Gasteiger partial charge is 0.0366 e. The Bertz CT molecular complexity index is 306. The molecule has 2 nitrogen and oxygen atoms in total. The third-order valence-electron chi connectivity index (χ3n) is 3.14. The molecular formula is C13H22Cl2N2. The average Bonchev–Trinajstić information content (AvgIpc) is 2.30. The van der Waals surface area contributed by atoms with Crippen molar-refractivity contribution >= 4 is 30.5 Å². The van der Waals surface area contributed by atoms with E-state index in [0.29, 0.717) is 0 Å². The van der Waals surface area contributed by atoms with Crippen LogP contribution in [0.5, 0.6) is 0 Å².